The van der Waals surface area contributed by atoms with E-state index in [9.17, 15) is 0 Å². The van der Waals surface area contributed by atoms with E-state index < -0.39 is 0 Å². The van der Waals surface area contributed by atoms with E-state index in [-0.39, 0.29) is 0 Å². The number of aromatic nitrogens is 4. The molecule has 3 aromatic heterocycles. The Kier molecular flexibility index (Phi) is 4.76. The van der Waals surface area contributed by atoms with E-state index in [2.05, 4.69) is 124 Å². The Labute approximate surface area is 198 Å². The normalized spacial score (nSPS) is 12.4. The zero-order valence-electron chi connectivity index (χ0n) is 17.1. The monoisotopic (exact) mass is 526 g/mol. The second-order valence-electron chi connectivity index (χ2n) is 7.84. The van der Waals surface area contributed by atoms with Gasteiger partial charge in [0.1, 0.15) is 0 Å². The lowest BCUT2D eigenvalue weighted by Crippen LogP contribution is -1.82. The van der Waals surface area contributed by atoms with Crippen LogP contribution < -0.4 is 0 Å². The van der Waals surface area contributed by atoms with E-state index in [0.717, 1.165) is 49.3 Å². The molecule has 0 atom stereocenters. The molecular formula is C27H19IN4. The summed E-state index contributed by atoms with van der Waals surface area (Å²) in [6.45, 7) is 0. The van der Waals surface area contributed by atoms with E-state index in [1.165, 1.54) is 16.7 Å². The zero-order valence-corrected chi connectivity index (χ0v) is 19.3. The Morgan fingerprint density at radius 1 is 0.625 bits per heavy atom. The second-order valence-corrected chi connectivity index (χ2v) is 8.60. The maximum Gasteiger partial charge on any atom is 0.0658 e. The van der Waals surface area contributed by atoms with Crippen LogP contribution in [0.15, 0.2) is 66.7 Å². The van der Waals surface area contributed by atoms with Gasteiger partial charge in [0.2, 0.25) is 0 Å². The van der Waals surface area contributed by atoms with Crippen LogP contribution >= 0.6 is 22.6 Å². The van der Waals surface area contributed by atoms with Crippen LogP contribution in [0, 0.1) is 0 Å². The fraction of sp³-hybridized carbons (Fsp3) is 0.0370. The summed E-state index contributed by atoms with van der Waals surface area (Å²) < 4.78 is 0.885. The number of nitrogens with zero attached hydrogens (tertiary/aromatic N) is 2. The number of hydrogen-bond donors (Lipinski definition) is 2. The standard InChI is InChI=1S/C27H19IN4/c28-16-24-25-14-22-10-8-20(30-22)12-18-6-7-19(29-18)13-21-9-11-23(31-21)15-26(32-25)27(24)17-4-2-1-3-5-17/h1-15,29,32H,16H2. The molecular weight excluding hydrogens is 507 g/mol. The molecule has 0 spiro atoms. The fourth-order valence-corrected chi connectivity index (χ4v) is 5.00. The first-order valence-electron chi connectivity index (χ1n) is 10.5. The summed E-state index contributed by atoms with van der Waals surface area (Å²) in [6, 6.07) is 23.1. The Morgan fingerprint density at radius 3 is 1.78 bits per heavy atom. The topological polar surface area (TPSA) is 57.4 Å². The maximum absolute atomic E-state index is 4.82. The number of nitrogens with one attached hydrogen (secondary N) is 2. The number of aromatic amines is 2. The quantitative estimate of drug-likeness (QED) is 0.184. The molecule has 32 heavy (non-hydrogen) atoms. The molecule has 5 heterocycles. The predicted octanol–water partition coefficient (Wildman–Crippen LogP) is 7.26. The van der Waals surface area contributed by atoms with Crippen molar-refractivity contribution >= 4 is 69.0 Å². The molecule has 4 nitrogen and oxygen atoms in total. The Bertz CT molecular complexity index is 1560. The third-order valence-corrected chi connectivity index (χ3v) is 6.41. The third kappa shape index (κ3) is 3.58. The zero-order chi connectivity index (χ0) is 21.5. The molecule has 5 heteroatoms. The van der Waals surface area contributed by atoms with Gasteiger partial charge in [0.05, 0.1) is 22.8 Å². The van der Waals surface area contributed by atoms with Crippen LogP contribution in [-0.2, 0) is 4.43 Å². The average molecular weight is 526 g/mol. The molecule has 1 aromatic carbocycles. The summed E-state index contributed by atoms with van der Waals surface area (Å²) in [6.07, 6.45) is 8.23. The van der Waals surface area contributed by atoms with Gasteiger partial charge >= 0.3 is 0 Å². The van der Waals surface area contributed by atoms with Crippen molar-refractivity contribution in [2.45, 2.75) is 4.43 Å². The molecule has 6 rings (SSSR count). The molecule has 0 unspecified atom stereocenters. The van der Waals surface area contributed by atoms with Gasteiger partial charge in [0, 0.05) is 32.1 Å². The highest BCUT2D eigenvalue weighted by Crippen LogP contribution is 2.34. The van der Waals surface area contributed by atoms with E-state index >= 15 is 0 Å². The Balaban J connectivity index is 1.73. The first-order chi connectivity index (χ1) is 15.7. The highest BCUT2D eigenvalue weighted by molar-refractivity contribution is 14.1. The van der Waals surface area contributed by atoms with Crippen molar-refractivity contribution in [3.63, 3.8) is 0 Å². The largest absolute Gasteiger partial charge is 0.355 e. The maximum atomic E-state index is 4.82. The smallest absolute Gasteiger partial charge is 0.0658 e. The lowest BCUT2D eigenvalue weighted by Gasteiger charge is -2.02. The van der Waals surface area contributed by atoms with Gasteiger partial charge in [-0.3, -0.25) is 0 Å². The van der Waals surface area contributed by atoms with Gasteiger partial charge in [-0.15, -0.1) is 0 Å². The van der Waals surface area contributed by atoms with Crippen molar-refractivity contribution < 1.29 is 0 Å². The van der Waals surface area contributed by atoms with Crippen molar-refractivity contribution in [1.29, 1.82) is 0 Å². The van der Waals surface area contributed by atoms with Crippen LogP contribution in [0.1, 0.15) is 28.3 Å². The highest BCUT2D eigenvalue weighted by Gasteiger charge is 2.13. The van der Waals surface area contributed by atoms with Crippen LogP contribution in [0.25, 0.3) is 57.5 Å². The number of hydrogen-bond acceptors (Lipinski definition) is 2. The van der Waals surface area contributed by atoms with E-state index in [1.54, 1.807) is 0 Å². The van der Waals surface area contributed by atoms with Crippen LogP contribution in [0.2, 0.25) is 0 Å². The number of alkyl halides is 1. The Morgan fingerprint density at radius 2 is 1.19 bits per heavy atom. The summed E-state index contributed by atoms with van der Waals surface area (Å²) in [5.74, 6) is 0. The lowest BCUT2D eigenvalue weighted by atomic mass is 10.0. The predicted molar refractivity (Wildman–Crippen MR) is 142 cm³/mol. The lowest BCUT2D eigenvalue weighted by molar-refractivity contribution is 1.31. The molecule has 154 valence electrons. The molecule has 0 radical (unpaired) electrons. The molecule has 8 bridgehead atoms. The minimum atomic E-state index is 0.885. The van der Waals surface area contributed by atoms with Gasteiger partial charge in [-0.05, 0) is 71.8 Å². The molecule has 0 saturated carbocycles. The highest BCUT2D eigenvalue weighted by atomic mass is 127. The van der Waals surface area contributed by atoms with Gasteiger partial charge in [-0.2, -0.15) is 0 Å². The van der Waals surface area contributed by atoms with E-state index in [4.69, 9.17) is 9.97 Å². The van der Waals surface area contributed by atoms with E-state index in [0.29, 0.717) is 0 Å². The fourth-order valence-electron chi connectivity index (χ4n) is 4.21. The van der Waals surface area contributed by atoms with Crippen LogP contribution in [0.3, 0.4) is 0 Å². The summed E-state index contributed by atoms with van der Waals surface area (Å²) in [5.41, 5.74) is 11.6. The number of benzene rings is 1. The van der Waals surface area contributed by atoms with Crippen LogP contribution in [0.5, 0.6) is 0 Å². The first-order valence-corrected chi connectivity index (χ1v) is 12.0. The van der Waals surface area contributed by atoms with Crippen molar-refractivity contribution in [2.24, 2.45) is 0 Å². The summed E-state index contributed by atoms with van der Waals surface area (Å²) >= 11 is 2.44. The molecule has 2 aliphatic rings. The average Bonchev–Trinajstić information content (AvgIpc) is 3.58. The first kappa shape index (κ1) is 19.3. The van der Waals surface area contributed by atoms with Crippen molar-refractivity contribution in [1.82, 2.24) is 19.9 Å². The van der Waals surface area contributed by atoms with E-state index in [1.807, 2.05) is 0 Å². The molecule has 2 aliphatic heterocycles. The number of fused-ring (bicyclic) bond motifs is 8. The summed E-state index contributed by atoms with van der Waals surface area (Å²) in [7, 11) is 0. The molecule has 0 saturated heterocycles. The van der Waals surface area contributed by atoms with Gasteiger partial charge in [-0.25, -0.2) is 9.97 Å². The molecule has 2 N–H and O–H groups in total. The van der Waals surface area contributed by atoms with Crippen LogP contribution in [0.4, 0.5) is 0 Å². The number of rotatable bonds is 2. The molecule has 0 amide bonds. The van der Waals surface area contributed by atoms with Crippen molar-refractivity contribution in [3.05, 3.63) is 95.1 Å². The number of H-pyrrole nitrogens is 2. The van der Waals surface area contributed by atoms with Crippen molar-refractivity contribution in [2.75, 3.05) is 0 Å². The van der Waals surface area contributed by atoms with Gasteiger partial charge in [-0.1, -0.05) is 52.9 Å². The number of halogens is 1. The van der Waals surface area contributed by atoms with Gasteiger partial charge < -0.3 is 9.97 Å². The Hall–Kier alpha value is -3.45. The van der Waals surface area contributed by atoms with Gasteiger partial charge in [0.15, 0.2) is 0 Å². The van der Waals surface area contributed by atoms with Gasteiger partial charge in [0.25, 0.3) is 0 Å². The molecule has 0 fully saturated rings. The minimum absolute atomic E-state index is 0.885. The minimum Gasteiger partial charge on any atom is -0.355 e. The second kappa shape index (κ2) is 7.91. The third-order valence-electron chi connectivity index (χ3n) is 5.65. The molecule has 0 aliphatic carbocycles. The van der Waals surface area contributed by atoms with Crippen molar-refractivity contribution in [3.8, 4) is 11.1 Å². The summed E-state index contributed by atoms with van der Waals surface area (Å²) in [4.78, 5) is 16.7. The SMILES string of the molecule is ICc1c(-c2ccccc2)c2cc3nc(cc4ccc(cc5nc(cc1[nH]2)C=C5)[nH]4)C=C3. The van der Waals surface area contributed by atoms with Crippen LogP contribution in [-0.4, -0.2) is 19.9 Å². The molecule has 4 aromatic rings. The summed E-state index contributed by atoms with van der Waals surface area (Å²) in [5, 5.41) is 0.